The molecule has 1 amide bonds. The fraction of sp³-hybridized carbons (Fsp3) is 0.348. The summed E-state index contributed by atoms with van der Waals surface area (Å²) in [6, 6.07) is 15.5. The van der Waals surface area contributed by atoms with Gasteiger partial charge in [0.25, 0.3) is 0 Å². The first kappa shape index (κ1) is 20.6. The topological polar surface area (TPSA) is 96.5 Å². The molecule has 0 saturated carbocycles. The van der Waals surface area contributed by atoms with Crippen LogP contribution in [0.2, 0.25) is 0 Å². The fourth-order valence-corrected chi connectivity index (χ4v) is 3.65. The van der Waals surface area contributed by atoms with Gasteiger partial charge in [0, 0.05) is 25.1 Å². The lowest BCUT2D eigenvalue weighted by molar-refractivity contribution is -0.142. The van der Waals surface area contributed by atoms with Crippen molar-refractivity contribution in [2.24, 2.45) is 11.7 Å². The van der Waals surface area contributed by atoms with Crippen LogP contribution in [-0.4, -0.2) is 42.8 Å². The van der Waals surface area contributed by atoms with Crippen LogP contribution in [0.25, 0.3) is 11.1 Å². The molecule has 1 fully saturated rings. The molecule has 0 atom stereocenters. The van der Waals surface area contributed by atoms with Crippen LogP contribution in [0.5, 0.6) is 0 Å². The first-order valence-electron chi connectivity index (χ1n) is 9.84. The van der Waals surface area contributed by atoms with Crippen LogP contribution in [0, 0.1) is 11.3 Å². The van der Waals surface area contributed by atoms with Crippen LogP contribution in [0.15, 0.2) is 48.5 Å². The van der Waals surface area contributed by atoms with Gasteiger partial charge >= 0.3 is 5.97 Å². The van der Waals surface area contributed by atoms with Crippen molar-refractivity contribution in [2.75, 3.05) is 20.2 Å². The van der Waals surface area contributed by atoms with E-state index in [9.17, 15) is 9.59 Å². The Bertz CT molecular complexity index is 867. The molecular weight excluding hydrogens is 366 g/mol. The van der Waals surface area contributed by atoms with E-state index in [0.717, 1.165) is 29.5 Å². The van der Waals surface area contributed by atoms with Crippen molar-refractivity contribution in [3.63, 3.8) is 0 Å². The second kappa shape index (κ2) is 9.37. The molecule has 0 radical (unpaired) electrons. The molecule has 0 aromatic heterocycles. The van der Waals surface area contributed by atoms with Crippen molar-refractivity contribution >= 4 is 17.7 Å². The minimum Gasteiger partial charge on any atom is -0.469 e. The van der Waals surface area contributed by atoms with Crippen molar-refractivity contribution < 1.29 is 14.3 Å². The second-order valence-corrected chi connectivity index (χ2v) is 7.47. The highest BCUT2D eigenvalue weighted by Gasteiger charge is 2.24. The third-order valence-corrected chi connectivity index (χ3v) is 5.49. The number of rotatable bonds is 6. The number of hydrogen-bond acceptors (Lipinski definition) is 4. The number of methoxy groups -OCH3 is 1. The third kappa shape index (κ3) is 5.44. The van der Waals surface area contributed by atoms with Crippen molar-refractivity contribution in [1.82, 2.24) is 4.90 Å². The Morgan fingerprint density at radius 3 is 2.10 bits per heavy atom. The molecule has 1 aliphatic heterocycles. The van der Waals surface area contributed by atoms with Gasteiger partial charge in [-0.1, -0.05) is 48.5 Å². The smallest absolute Gasteiger partial charge is 0.305 e. The first-order chi connectivity index (χ1) is 14.0. The Balaban J connectivity index is 1.54. The molecule has 1 aliphatic rings. The minimum absolute atomic E-state index is 0.0553. The summed E-state index contributed by atoms with van der Waals surface area (Å²) in [6.45, 7) is 1.39. The van der Waals surface area contributed by atoms with Crippen LogP contribution in [0.3, 0.4) is 0 Å². The predicted octanol–water partition coefficient (Wildman–Crippen LogP) is 2.98. The number of nitrogens with zero attached hydrogens (tertiary/aromatic N) is 1. The van der Waals surface area contributed by atoms with E-state index in [1.54, 1.807) is 0 Å². The zero-order valence-electron chi connectivity index (χ0n) is 16.7. The van der Waals surface area contributed by atoms with Crippen LogP contribution in [0.1, 0.15) is 30.4 Å². The Morgan fingerprint density at radius 1 is 1.03 bits per heavy atom. The number of amides is 1. The number of hydrogen-bond donors (Lipinski definition) is 2. The molecule has 152 valence electrons. The van der Waals surface area contributed by atoms with Gasteiger partial charge < -0.3 is 15.4 Å². The van der Waals surface area contributed by atoms with E-state index in [1.165, 1.54) is 7.11 Å². The highest BCUT2D eigenvalue weighted by molar-refractivity contribution is 5.95. The summed E-state index contributed by atoms with van der Waals surface area (Å²) < 4.78 is 4.73. The van der Waals surface area contributed by atoms with E-state index in [1.807, 2.05) is 53.4 Å². The molecule has 1 heterocycles. The zero-order valence-corrected chi connectivity index (χ0v) is 16.7. The lowest BCUT2D eigenvalue weighted by Crippen LogP contribution is -2.39. The number of nitrogen functional groups attached to an aromatic ring is 1. The SMILES string of the molecule is COC(=O)CC1CCN(C(=O)Cc2ccc(-c3ccc(C(=N)N)cc3)cc2)CC1. The largest absolute Gasteiger partial charge is 0.469 e. The Hall–Kier alpha value is -3.15. The Morgan fingerprint density at radius 2 is 1.59 bits per heavy atom. The average molecular weight is 393 g/mol. The van der Waals surface area contributed by atoms with Crippen molar-refractivity contribution in [2.45, 2.75) is 25.7 Å². The molecular formula is C23H27N3O3. The summed E-state index contributed by atoms with van der Waals surface area (Å²) in [7, 11) is 1.41. The quantitative estimate of drug-likeness (QED) is 0.448. The van der Waals surface area contributed by atoms with Gasteiger partial charge in [-0.15, -0.1) is 0 Å². The van der Waals surface area contributed by atoms with Gasteiger partial charge in [-0.25, -0.2) is 0 Å². The number of piperidine rings is 1. The number of benzene rings is 2. The van der Waals surface area contributed by atoms with Gasteiger partial charge in [-0.3, -0.25) is 15.0 Å². The molecule has 0 unspecified atom stereocenters. The molecule has 0 bridgehead atoms. The lowest BCUT2D eigenvalue weighted by Gasteiger charge is -2.31. The zero-order chi connectivity index (χ0) is 20.8. The van der Waals surface area contributed by atoms with Crippen LogP contribution in [0.4, 0.5) is 0 Å². The highest BCUT2D eigenvalue weighted by atomic mass is 16.5. The van der Waals surface area contributed by atoms with Gasteiger partial charge in [0.15, 0.2) is 0 Å². The average Bonchev–Trinajstić information content (AvgIpc) is 2.74. The molecule has 3 rings (SSSR count). The summed E-state index contributed by atoms with van der Waals surface area (Å²) in [4.78, 5) is 25.9. The molecule has 2 aromatic rings. The van der Waals surface area contributed by atoms with Gasteiger partial charge in [0.05, 0.1) is 13.5 Å². The van der Waals surface area contributed by atoms with E-state index in [0.29, 0.717) is 37.4 Å². The number of nitrogens with one attached hydrogen (secondary N) is 1. The molecule has 0 aliphatic carbocycles. The van der Waals surface area contributed by atoms with E-state index in [-0.39, 0.29) is 17.7 Å². The maximum Gasteiger partial charge on any atom is 0.305 e. The highest BCUT2D eigenvalue weighted by Crippen LogP contribution is 2.23. The normalized spacial score (nSPS) is 14.4. The number of ether oxygens (including phenoxy) is 1. The van der Waals surface area contributed by atoms with Crippen molar-refractivity contribution in [3.05, 3.63) is 59.7 Å². The van der Waals surface area contributed by atoms with Crippen LogP contribution >= 0.6 is 0 Å². The van der Waals surface area contributed by atoms with Crippen LogP contribution < -0.4 is 5.73 Å². The fourth-order valence-electron chi connectivity index (χ4n) is 3.65. The summed E-state index contributed by atoms with van der Waals surface area (Å²) >= 11 is 0. The second-order valence-electron chi connectivity index (χ2n) is 7.47. The summed E-state index contributed by atoms with van der Waals surface area (Å²) in [6.07, 6.45) is 2.50. The monoisotopic (exact) mass is 393 g/mol. The summed E-state index contributed by atoms with van der Waals surface area (Å²) in [5.41, 5.74) is 9.27. The van der Waals surface area contributed by atoms with E-state index in [2.05, 4.69) is 0 Å². The molecule has 2 aromatic carbocycles. The van der Waals surface area contributed by atoms with Gasteiger partial charge in [0.1, 0.15) is 5.84 Å². The van der Waals surface area contributed by atoms with Gasteiger partial charge in [0.2, 0.25) is 5.91 Å². The van der Waals surface area contributed by atoms with E-state index < -0.39 is 0 Å². The number of likely N-dealkylation sites (tertiary alicyclic amines) is 1. The maximum absolute atomic E-state index is 12.6. The van der Waals surface area contributed by atoms with Crippen molar-refractivity contribution in [3.8, 4) is 11.1 Å². The van der Waals surface area contributed by atoms with Gasteiger partial charge in [-0.2, -0.15) is 0 Å². The van der Waals surface area contributed by atoms with Crippen molar-refractivity contribution in [1.29, 1.82) is 5.41 Å². The predicted molar refractivity (Wildman–Crippen MR) is 113 cm³/mol. The summed E-state index contributed by atoms with van der Waals surface area (Å²) in [5, 5.41) is 7.46. The third-order valence-electron chi connectivity index (χ3n) is 5.49. The standard InChI is InChI=1S/C23H27N3O3/c1-29-22(28)15-17-10-12-26(13-11-17)21(27)14-16-2-4-18(5-3-16)19-6-8-20(9-7-19)23(24)25/h2-9,17H,10-15H2,1H3,(H3,24,25). The molecule has 6 heteroatoms. The maximum atomic E-state index is 12.6. The number of amidine groups is 1. The van der Waals surface area contributed by atoms with Crippen LogP contribution in [-0.2, 0) is 20.7 Å². The molecule has 1 saturated heterocycles. The number of nitrogens with two attached hydrogens (primary N) is 1. The number of carbonyl (C=O) groups is 2. The molecule has 0 spiro atoms. The number of esters is 1. The number of carbonyl (C=O) groups excluding carboxylic acids is 2. The molecule has 29 heavy (non-hydrogen) atoms. The van der Waals surface area contributed by atoms with E-state index in [4.69, 9.17) is 15.9 Å². The molecule has 6 nitrogen and oxygen atoms in total. The van der Waals surface area contributed by atoms with Gasteiger partial charge in [-0.05, 0) is 35.4 Å². The molecule has 3 N–H and O–H groups in total. The minimum atomic E-state index is -0.175. The first-order valence-corrected chi connectivity index (χ1v) is 9.84. The Kier molecular flexibility index (Phi) is 6.65. The lowest BCUT2D eigenvalue weighted by atomic mass is 9.93. The Labute approximate surface area is 171 Å². The van der Waals surface area contributed by atoms with E-state index >= 15 is 0 Å². The summed E-state index contributed by atoms with van der Waals surface area (Å²) in [5.74, 6) is 0.311.